The number of carbonyl (C=O) groups excluding carboxylic acids is 1. The molecule has 0 aliphatic carbocycles. The van der Waals surface area contributed by atoms with E-state index in [9.17, 15) is 4.79 Å². The predicted molar refractivity (Wildman–Crippen MR) is 96.4 cm³/mol. The predicted octanol–water partition coefficient (Wildman–Crippen LogP) is 3.80. The van der Waals surface area contributed by atoms with Crippen molar-refractivity contribution in [1.82, 2.24) is 9.80 Å². The second kappa shape index (κ2) is 7.28. The summed E-state index contributed by atoms with van der Waals surface area (Å²) < 4.78 is 0.995. The summed E-state index contributed by atoms with van der Waals surface area (Å²) in [4.78, 5) is 17.0. The maximum Gasteiger partial charge on any atom is 0.253 e. The maximum absolute atomic E-state index is 12.6. The highest BCUT2D eigenvalue weighted by molar-refractivity contribution is 9.10. The molecule has 0 spiro atoms. The van der Waals surface area contributed by atoms with Crippen LogP contribution in [-0.2, 0) is 6.54 Å². The number of halogens is 1. The van der Waals surface area contributed by atoms with Gasteiger partial charge in [0.1, 0.15) is 0 Å². The maximum atomic E-state index is 12.6. The van der Waals surface area contributed by atoms with Crippen LogP contribution in [0.15, 0.2) is 59.1 Å². The lowest BCUT2D eigenvalue weighted by molar-refractivity contribution is 0.0495. The molecule has 1 aliphatic rings. The molecule has 2 aromatic rings. The molecule has 0 N–H and O–H groups in total. The minimum Gasteiger partial charge on any atom is -0.336 e. The second-order valence-electron chi connectivity index (χ2n) is 6.06. The van der Waals surface area contributed by atoms with Gasteiger partial charge in [0.05, 0.1) is 0 Å². The summed E-state index contributed by atoms with van der Waals surface area (Å²) in [6.45, 7) is 5.62. The van der Waals surface area contributed by atoms with Gasteiger partial charge in [-0.1, -0.05) is 46.3 Å². The molecule has 2 aromatic carbocycles. The molecule has 1 heterocycles. The molecule has 3 rings (SSSR count). The van der Waals surface area contributed by atoms with Crippen molar-refractivity contribution < 1.29 is 4.79 Å². The van der Waals surface area contributed by atoms with Crippen LogP contribution in [0.25, 0.3) is 0 Å². The first-order valence-electron chi connectivity index (χ1n) is 7.96. The van der Waals surface area contributed by atoms with Gasteiger partial charge in [-0.2, -0.15) is 0 Å². The van der Waals surface area contributed by atoms with Gasteiger partial charge in [-0.3, -0.25) is 9.69 Å². The summed E-state index contributed by atoms with van der Waals surface area (Å²) in [5.41, 5.74) is 2.09. The molecule has 120 valence electrons. The number of hydrogen-bond acceptors (Lipinski definition) is 2. The fourth-order valence-electron chi connectivity index (χ4n) is 3.01. The van der Waals surface area contributed by atoms with Crippen molar-refractivity contribution in [2.45, 2.75) is 19.5 Å². The van der Waals surface area contributed by atoms with Crippen LogP contribution in [0.5, 0.6) is 0 Å². The largest absolute Gasteiger partial charge is 0.336 e. The Balaban J connectivity index is 1.61. The number of carbonyl (C=O) groups is 1. The zero-order valence-electron chi connectivity index (χ0n) is 13.3. The molecule has 0 saturated carbocycles. The lowest BCUT2D eigenvalue weighted by atomic mass is 10.1. The molecule has 23 heavy (non-hydrogen) atoms. The quantitative estimate of drug-likeness (QED) is 0.817. The Morgan fingerprint density at radius 3 is 2.43 bits per heavy atom. The van der Waals surface area contributed by atoms with Crippen molar-refractivity contribution in [2.75, 3.05) is 19.6 Å². The van der Waals surface area contributed by atoms with E-state index in [-0.39, 0.29) is 5.91 Å². The van der Waals surface area contributed by atoms with Crippen LogP contribution in [0.4, 0.5) is 0 Å². The van der Waals surface area contributed by atoms with E-state index in [4.69, 9.17) is 0 Å². The summed E-state index contributed by atoms with van der Waals surface area (Å²) >= 11 is 3.41. The summed E-state index contributed by atoms with van der Waals surface area (Å²) in [7, 11) is 0. The Hall–Kier alpha value is -1.65. The lowest BCUT2D eigenvalue weighted by Gasteiger charge is -2.40. The molecule has 1 unspecified atom stereocenters. The van der Waals surface area contributed by atoms with Gasteiger partial charge in [-0.05, 0) is 36.8 Å². The van der Waals surface area contributed by atoms with E-state index >= 15 is 0 Å². The van der Waals surface area contributed by atoms with Crippen LogP contribution in [0, 0.1) is 0 Å². The van der Waals surface area contributed by atoms with Crippen LogP contribution in [-0.4, -0.2) is 41.4 Å². The minimum absolute atomic E-state index is 0.128. The van der Waals surface area contributed by atoms with Gasteiger partial charge in [0.15, 0.2) is 0 Å². The van der Waals surface area contributed by atoms with Gasteiger partial charge in [-0.25, -0.2) is 0 Å². The van der Waals surface area contributed by atoms with Gasteiger partial charge in [0.25, 0.3) is 5.91 Å². The van der Waals surface area contributed by atoms with E-state index in [1.807, 2.05) is 35.2 Å². The van der Waals surface area contributed by atoms with Gasteiger partial charge >= 0.3 is 0 Å². The van der Waals surface area contributed by atoms with E-state index < -0.39 is 0 Å². The van der Waals surface area contributed by atoms with Crippen molar-refractivity contribution >= 4 is 21.8 Å². The lowest BCUT2D eigenvalue weighted by Crippen LogP contribution is -2.53. The zero-order valence-corrected chi connectivity index (χ0v) is 14.9. The van der Waals surface area contributed by atoms with Crippen molar-refractivity contribution in [3.8, 4) is 0 Å². The summed E-state index contributed by atoms with van der Waals surface area (Å²) in [5, 5.41) is 0. The monoisotopic (exact) mass is 372 g/mol. The first kappa shape index (κ1) is 16.2. The molecule has 1 aliphatic heterocycles. The van der Waals surface area contributed by atoms with Gasteiger partial charge < -0.3 is 4.90 Å². The average Bonchev–Trinajstić information content (AvgIpc) is 2.58. The van der Waals surface area contributed by atoms with Crippen LogP contribution in [0.1, 0.15) is 22.8 Å². The third kappa shape index (κ3) is 4.01. The van der Waals surface area contributed by atoms with Gasteiger partial charge in [0, 0.05) is 42.3 Å². The Labute approximate surface area is 146 Å². The van der Waals surface area contributed by atoms with E-state index in [0.29, 0.717) is 6.04 Å². The number of nitrogens with zero attached hydrogens (tertiary/aromatic N) is 2. The van der Waals surface area contributed by atoms with Crippen molar-refractivity contribution in [2.24, 2.45) is 0 Å². The molecule has 3 nitrogen and oxygen atoms in total. The Morgan fingerprint density at radius 2 is 1.78 bits per heavy atom. The number of rotatable bonds is 3. The standard InChI is InChI=1S/C19H21BrN2O/c1-15-13-22(19(23)17-7-9-18(20)10-8-17)12-11-21(15)14-16-5-3-2-4-6-16/h2-10,15H,11-14H2,1H3. The molecule has 4 heteroatoms. The third-order valence-corrected chi connectivity index (χ3v) is 4.90. The topological polar surface area (TPSA) is 23.6 Å². The van der Waals surface area contributed by atoms with E-state index in [1.54, 1.807) is 0 Å². The van der Waals surface area contributed by atoms with Crippen molar-refractivity contribution in [1.29, 1.82) is 0 Å². The summed E-state index contributed by atoms with van der Waals surface area (Å²) in [6, 6.07) is 18.5. The van der Waals surface area contributed by atoms with Crippen LogP contribution >= 0.6 is 15.9 Å². The van der Waals surface area contributed by atoms with E-state index in [1.165, 1.54) is 5.56 Å². The number of piperazine rings is 1. The molecule has 1 saturated heterocycles. The fraction of sp³-hybridized carbons (Fsp3) is 0.316. The molecule has 1 amide bonds. The Bertz CT molecular complexity index is 657. The molecule has 0 bridgehead atoms. The Morgan fingerprint density at radius 1 is 1.09 bits per heavy atom. The first-order chi connectivity index (χ1) is 11.1. The summed E-state index contributed by atoms with van der Waals surface area (Å²) in [5.74, 6) is 0.128. The average molecular weight is 373 g/mol. The molecule has 0 aromatic heterocycles. The highest BCUT2D eigenvalue weighted by Crippen LogP contribution is 2.17. The molecule has 1 atom stereocenters. The summed E-state index contributed by atoms with van der Waals surface area (Å²) in [6.07, 6.45) is 0. The zero-order chi connectivity index (χ0) is 16.2. The molecular weight excluding hydrogens is 352 g/mol. The van der Waals surface area contributed by atoms with Gasteiger partial charge in [-0.15, -0.1) is 0 Å². The highest BCUT2D eigenvalue weighted by atomic mass is 79.9. The van der Waals surface area contributed by atoms with E-state index in [2.05, 4.69) is 52.0 Å². The second-order valence-corrected chi connectivity index (χ2v) is 6.98. The SMILES string of the molecule is CC1CN(C(=O)c2ccc(Br)cc2)CCN1Cc1ccccc1. The first-order valence-corrected chi connectivity index (χ1v) is 8.75. The number of amides is 1. The van der Waals surface area contributed by atoms with Crippen LogP contribution in [0.2, 0.25) is 0 Å². The van der Waals surface area contributed by atoms with Crippen LogP contribution < -0.4 is 0 Å². The number of benzene rings is 2. The molecule has 0 radical (unpaired) electrons. The van der Waals surface area contributed by atoms with Crippen molar-refractivity contribution in [3.05, 3.63) is 70.2 Å². The van der Waals surface area contributed by atoms with Crippen molar-refractivity contribution in [3.63, 3.8) is 0 Å². The Kier molecular flexibility index (Phi) is 5.13. The molecule has 1 fully saturated rings. The third-order valence-electron chi connectivity index (χ3n) is 4.37. The van der Waals surface area contributed by atoms with Gasteiger partial charge in [0.2, 0.25) is 0 Å². The highest BCUT2D eigenvalue weighted by Gasteiger charge is 2.27. The van der Waals surface area contributed by atoms with E-state index in [0.717, 1.165) is 36.2 Å². The number of hydrogen-bond donors (Lipinski definition) is 0. The molecular formula is C19H21BrN2O. The normalized spacial score (nSPS) is 18.9. The van der Waals surface area contributed by atoms with Crippen LogP contribution in [0.3, 0.4) is 0 Å². The smallest absolute Gasteiger partial charge is 0.253 e. The fourth-order valence-corrected chi connectivity index (χ4v) is 3.27. The minimum atomic E-state index is 0.128.